The van der Waals surface area contributed by atoms with Crippen LogP contribution in [-0.4, -0.2) is 6.18 Å². The summed E-state index contributed by atoms with van der Waals surface area (Å²) in [6.07, 6.45) is 1.93. The van der Waals surface area contributed by atoms with Crippen molar-refractivity contribution in [3.05, 3.63) is 47.4 Å². The van der Waals surface area contributed by atoms with Crippen LogP contribution in [0.3, 0.4) is 0 Å². The second-order valence-electron chi connectivity index (χ2n) is 3.94. The average Bonchev–Trinajstić information content (AvgIpc) is 2.20. The monoisotopic (exact) mass is 246 g/mol. The zero-order chi connectivity index (χ0) is 13.1. The highest BCUT2D eigenvalue weighted by Crippen LogP contribution is 2.32. The van der Waals surface area contributed by atoms with Crippen LogP contribution in [0, 0.1) is 5.92 Å². The minimum Gasteiger partial charge on any atom is -0.207 e. The fourth-order valence-electron chi connectivity index (χ4n) is 1.63. The Bertz CT molecular complexity index is 394. The topological polar surface area (TPSA) is 0 Å². The van der Waals surface area contributed by atoms with Gasteiger partial charge in [-0.05, 0) is 30.9 Å². The van der Waals surface area contributed by atoms with E-state index in [2.05, 4.69) is 0 Å². The summed E-state index contributed by atoms with van der Waals surface area (Å²) in [5.41, 5.74) is -0.650. The van der Waals surface area contributed by atoms with E-state index in [0.717, 1.165) is 6.08 Å². The van der Waals surface area contributed by atoms with Crippen molar-refractivity contribution in [3.8, 4) is 0 Å². The first-order valence-corrected chi connectivity index (χ1v) is 5.34. The van der Waals surface area contributed by atoms with Gasteiger partial charge in [0.05, 0.1) is 5.57 Å². The summed E-state index contributed by atoms with van der Waals surface area (Å²) in [4.78, 5) is 0. The molecule has 0 amide bonds. The number of rotatable bonds is 1. The van der Waals surface area contributed by atoms with Gasteiger partial charge in [-0.25, -0.2) is 4.39 Å². The molecule has 17 heavy (non-hydrogen) atoms. The highest BCUT2D eigenvalue weighted by Gasteiger charge is 2.32. The van der Waals surface area contributed by atoms with Crippen molar-refractivity contribution < 1.29 is 17.6 Å². The molecule has 0 heterocycles. The van der Waals surface area contributed by atoms with E-state index in [1.54, 1.807) is 19.9 Å². The van der Waals surface area contributed by atoms with Crippen LogP contribution in [0.25, 0.3) is 0 Å². The Kier molecular flexibility index (Phi) is 4.32. The number of hydrogen-bond acceptors (Lipinski definition) is 0. The lowest BCUT2D eigenvalue weighted by molar-refractivity contribution is -0.0883. The van der Waals surface area contributed by atoms with Gasteiger partial charge in [0.25, 0.3) is 0 Å². The molecule has 1 aliphatic rings. The van der Waals surface area contributed by atoms with Gasteiger partial charge in [0.2, 0.25) is 0 Å². The number of allylic oxidation sites excluding steroid dienone is 8. The molecule has 1 aliphatic carbocycles. The largest absolute Gasteiger partial charge is 0.416 e. The van der Waals surface area contributed by atoms with Crippen molar-refractivity contribution in [1.82, 2.24) is 0 Å². The van der Waals surface area contributed by atoms with E-state index in [0.29, 0.717) is 18.1 Å². The van der Waals surface area contributed by atoms with Gasteiger partial charge in [0.15, 0.2) is 0 Å². The molecule has 0 saturated heterocycles. The lowest BCUT2D eigenvalue weighted by Gasteiger charge is -2.15. The Morgan fingerprint density at radius 3 is 2.53 bits per heavy atom. The van der Waals surface area contributed by atoms with E-state index in [-0.39, 0.29) is 5.92 Å². The highest BCUT2D eigenvalue weighted by atomic mass is 19.4. The van der Waals surface area contributed by atoms with E-state index >= 15 is 0 Å². The lowest BCUT2D eigenvalue weighted by atomic mass is 9.93. The SMILES string of the molecule is C/C=C/C1=C(F)/C=C(C(F)(F)F)\C=C\CC1C. The second-order valence-corrected chi connectivity index (χ2v) is 3.94. The van der Waals surface area contributed by atoms with Crippen molar-refractivity contribution in [2.45, 2.75) is 26.4 Å². The summed E-state index contributed by atoms with van der Waals surface area (Å²) in [5, 5.41) is 0. The molecule has 0 aromatic heterocycles. The van der Waals surface area contributed by atoms with Crippen LogP contribution < -0.4 is 0 Å². The predicted molar refractivity (Wildman–Crippen MR) is 60.0 cm³/mol. The molecule has 0 aliphatic heterocycles. The average molecular weight is 246 g/mol. The summed E-state index contributed by atoms with van der Waals surface area (Å²) in [6.45, 7) is 3.49. The zero-order valence-electron chi connectivity index (χ0n) is 9.68. The second kappa shape index (κ2) is 5.34. The van der Waals surface area contributed by atoms with E-state index in [9.17, 15) is 17.6 Å². The molecule has 0 radical (unpaired) electrons. The number of hydrogen-bond donors (Lipinski definition) is 0. The molecular weight excluding hydrogens is 232 g/mol. The maximum atomic E-state index is 13.7. The Morgan fingerprint density at radius 2 is 2.00 bits per heavy atom. The molecule has 0 spiro atoms. The molecule has 0 N–H and O–H groups in total. The maximum Gasteiger partial charge on any atom is 0.416 e. The number of halogens is 4. The normalized spacial score (nSPS) is 31.9. The molecule has 0 nitrogen and oxygen atoms in total. The van der Waals surface area contributed by atoms with Crippen LogP contribution in [0.15, 0.2) is 47.4 Å². The van der Waals surface area contributed by atoms with Gasteiger partial charge in [-0.3, -0.25) is 0 Å². The van der Waals surface area contributed by atoms with Gasteiger partial charge >= 0.3 is 6.18 Å². The third-order valence-corrected chi connectivity index (χ3v) is 2.55. The van der Waals surface area contributed by atoms with Gasteiger partial charge in [-0.15, -0.1) is 0 Å². The van der Waals surface area contributed by atoms with Crippen LogP contribution in [-0.2, 0) is 0 Å². The molecule has 0 aromatic carbocycles. The third kappa shape index (κ3) is 3.58. The van der Waals surface area contributed by atoms with Crippen molar-refractivity contribution in [2.75, 3.05) is 0 Å². The molecule has 94 valence electrons. The van der Waals surface area contributed by atoms with Crippen LogP contribution in [0.4, 0.5) is 17.6 Å². The molecule has 0 aromatic rings. The lowest BCUT2D eigenvalue weighted by Crippen LogP contribution is -2.11. The molecule has 1 rings (SSSR count). The molecule has 0 bridgehead atoms. The Morgan fingerprint density at radius 1 is 1.35 bits per heavy atom. The Balaban J connectivity index is 3.26. The fourth-order valence-corrected chi connectivity index (χ4v) is 1.63. The van der Waals surface area contributed by atoms with Gasteiger partial charge < -0.3 is 0 Å². The van der Waals surface area contributed by atoms with Crippen LogP contribution in [0.5, 0.6) is 0 Å². The fraction of sp³-hybridized carbons (Fsp3) is 0.385. The molecule has 0 saturated carbocycles. The van der Waals surface area contributed by atoms with E-state index in [4.69, 9.17) is 0 Å². The first-order chi connectivity index (χ1) is 7.86. The quantitative estimate of drug-likeness (QED) is 0.579. The summed E-state index contributed by atoms with van der Waals surface area (Å²) in [6, 6.07) is 0. The smallest absolute Gasteiger partial charge is 0.207 e. The molecule has 4 heteroatoms. The summed E-state index contributed by atoms with van der Waals surface area (Å²) in [5.74, 6) is -0.944. The van der Waals surface area contributed by atoms with Crippen molar-refractivity contribution >= 4 is 0 Å². The van der Waals surface area contributed by atoms with Crippen molar-refractivity contribution in [1.29, 1.82) is 0 Å². The van der Waals surface area contributed by atoms with Crippen LogP contribution in [0.1, 0.15) is 20.3 Å². The predicted octanol–water partition coefficient (Wildman–Crippen LogP) is 4.87. The zero-order valence-corrected chi connectivity index (χ0v) is 9.68. The van der Waals surface area contributed by atoms with Gasteiger partial charge in [-0.2, -0.15) is 13.2 Å². The van der Waals surface area contributed by atoms with E-state index in [1.807, 2.05) is 0 Å². The van der Waals surface area contributed by atoms with Gasteiger partial charge in [0, 0.05) is 0 Å². The first-order valence-electron chi connectivity index (χ1n) is 5.34. The first kappa shape index (κ1) is 13.7. The summed E-state index contributed by atoms with van der Waals surface area (Å²) in [7, 11) is 0. The minimum atomic E-state index is -4.52. The summed E-state index contributed by atoms with van der Waals surface area (Å²) < 4.78 is 51.3. The third-order valence-electron chi connectivity index (χ3n) is 2.55. The molecular formula is C13H14F4. The number of alkyl halides is 3. The summed E-state index contributed by atoms with van der Waals surface area (Å²) >= 11 is 0. The minimum absolute atomic E-state index is 0.131. The van der Waals surface area contributed by atoms with Crippen LogP contribution >= 0.6 is 0 Å². The van der Waals surface area contributed by atoms with Gasteiger partial charge in [-0.1, -0.05) is 31.2 Å². The van der Waals surface area contributed by atoms with Crippen LogP contribution in [0.2, 0.25) is 0 Å². The van der Waals surface area contributed by atoms with Gasteiger partial charge in [0.1, 0.15) is 5.83 Å². The van der Waals surface area contributed by atoms with E-state index in [1.165, 1.54) is 12.2 Å². The van der Waals surface area contributed by atoms with E-state index < -0.39 is 17.6 Å². The highest BCUT2D eigenvalue weighted by molar-refractivity contribution is 5.39. The van der Waals surface area contributed by atoms with Crippen molar-refractivity contribution in [3.63, 3.8) is 0 Å². The Hall–Kier alpha value is -1.32. The molecule has 1 unspecified atom stereocenters. The Labute approximate surface area is 98.0 Å². The van der Waals surface area contributed by atoms with Crippen molar-refractivity contribution in [2.24, 2.45) is 5.92 Å². The molecule has 1 atom stereocenters. The standard InChI is InChI=1S/C13H14F4/c1-3-5-11-9(2)6-4-7-10(8-12(11)14)13(15,16)17/h3-5,7-9H,6H2,1-2H3/b5-3+,7-4+,10-8+,12-11+. The maximum absolute atomic E-state index is 13.7. The molecule has 0 fully saturated rings.